The SMILES string of the molecule is CC(C)C1NCC(c2ccc(F)cc2)O1. The zero-order valence-electron chi connectivity index (χ0n) is 9.03. The van der Waals surface area contributed by atoms with Gasteiger partial charge in [0.1, 0.15) is 12.0 Å². The molecular weight excluding hydrogens is 193 g/mol. The summed E-state index contributed by atoms with van der Waals surface area (Å²) in [6, 6.07) is 6.51. The quantitative estimate of drug-likeness (QED) is 0.808. The molecule has 0 saturated carbocycles. The van der Waals surface area contributed by atoms with Gasteiger partial charge in [-0.15, -0.1) is 0 Å². The van der Waals surface area contributed by atoms with Gasteiger partial charge in [-0.05, 0) is 23.6 Å². The van der Waals surface area contributed by atoms with Crippen LogP contribution in [0.1, 0.15) is 25.5 Å². The van der Waals surface area contributed by atoms with Gasteiger partial charge in [0.15, 0.2) is 0 Å². The van der Waals surface area contributed by atoms with Crippen LogP contribution in [0.3, 0.4) is 0 Å². The molecule has 1 heterocycles. The van der Waals surface area contributed by atoms with E-state index in [1.807, 2.05) is 0 Å². The fourth-order valence-corrected chi connectivity index (χ4v) is 1.76. The maximum atomic E-state index is 12.7. The van der Waals surface area contributed by atoms with E-state index >= 15 is 0 Å². The Morgan fingerprint density at radius 1 is 1.33 bits per heavy atom. The Kier molecular flexibility index (Phi) is 3.03. The number of ether oxygens (including phenoxy) is 1. The Hall–Kier alpha value is -0.930. The lowest BCUT2D eigenvalue weighted by atomic mass is 10.1. The Morgan fingerprint density at radius 2 is 2.00 bits per heavy atom. The van der Waals surface area contributed by atoms with Crippen LogP contribution < -0.4 is 5.32 Å². The average molecular weight is 209 g/mol. The summed E-state index contributed by atoms with van der Waals surface area (Å²) in [5.74, 6) is 0.251. The van der Waals surface area contributed by atoms with Crippen LogP contribution in [0, 0.1) is 11.7 Å². The van der Waals surface area contributed by atoms with Crippen molar-refractivity contribution in [3.63, 3.8) is 0 Å². The molecule has 15 heavy (non-hydrogen) atoms. The Bertz CT molecular complexity index is 323. The van der Waals surface area contributed by atoms with Crippen LogP contribution in [-0.4, -0.2) is 12.8 Å². The molecule has 0 bridgehead atoms. The maximum absolute atomic E-state index is 12.7. The highest BCUT2D eigenvalue weighted by atomic mass is 19.1. The molecule has 1 N–H and O–H groups in total. The van der Waals surface area contributed by atoms with E-state index in [2.05, 4.69) is 19.2 Å². The molecule has 3 heteroatoms. The summed E-state index contributed by atoms with van der Waals surface area (Å²) in [5.41, 5.74) is 1.03. The summed E-state index contributed by atoms with van der Waals surface area (Å²) in [6.45, 7) is 5.03. The van der Waals surface area contributed by atoms with Crippen LogP contribution in [-0.2, 0) is 4.74 Å². The molecular formula is C12H16FNO. The summed E-state index contributed by atoms with van der Waals surface area (Å²) in [6.07, 6.45) is 0.165. The zero-order chi connectivity index (χ0) is 10.8. The van der Waals surface area contributed by atoms with Gasteiger partial charge in [0.05, 0.1) is 6.10 Å². The van der Waals surface area contributed by atoms with Crippen molar-refractivity contribution in [1.82, 2.24) is 5.32 Å². The maximum Gasteiger partial charge on any atom is 0.123 e. The molecule has 2 atom stereocenters. The largest absolute Gasteiger partial charge is 0.354 e. The molecule has 1 fully saturated rings. The van der Waals surface area contributed by atoms with E-state index in [0.717, 1.165) is 12.1 Å². The lowest BCUT2D eigenvalue weighted by Crippen LogP contribution is -2.27. The van der Waals surface area contributed by atoms with Crippen molar-refractivity contribution in [2.75, 3.05) is 6.54 Å². The first kappa shape index (κ1) is 10.6. The first-order valence-corrected chi connectivity index (χ1v) is 5.31. The number of halogens is 1. The number of benzene rings is 1. The number of hydrogen-bond donors (Lipinski definition) is 1. The van der Waals surface area contributed by atoms with Gasteiger partial charge in [-0.3, -0.25) is 5.32 Å². The highest BCUT2D eigenvalue weighted by Gasteiger charge is 2.27. The van der Waals surface area contributed by atoms with E-state index in [1.165, 1.54) is 12.1 Å². The number of nitrogens with one attached hydrogen (secondary N) is 1. The van der Waals surface area contributed by atoms with Crippen molar-refractivity contribution >= 4 is 0 Å². The van der Waals surface area contributed by atoms with E-state index in [-0.39, 0.29) is 18.1 Å². The highest BCUT2D eigenvalue weighted by molar-refractivity contribution is 5.19. The third kappa shape index (κ3) is 2.36. The van der Waals surface area contributed by atoms with Gasteiger partial charge in [0.25, 0.3) is 0 Å². The molecule has 2 nitrogen and oxygen atoms in total. The molecule has 2 rings (SSSR count). The molecule has 0 aliphatic carbocycles. The minimum atomic E-state index is -0.204. The minimum Gasteiger partial charge on any atom is -0.354 e. The van der Waals surface area contributed by atoms with Gasteiger partial charge in [0.2, 0.25) is 0 Å². The summed E-state index contributed by atoms with van der Waals surface area (Å²) in [5, 5.41) is 3.30. The van der Waals surface area contributed by atoms with Crippen LogP contribution in [0.4, 0.5) is 4.39 Å². The smallest absolute Gasteiger partial charge is 0.123 e. The molecule has 0 spiro atoms. The normalized spacial score (nSPS) is 26.1. The molecule has 0 aromatic heterocycles. The highest BCUT2D eigenvalue weighted by Crippen LogP contribution is 2.25. The Labute approximate surface area is 89.4 Å². The summed E-state index contributed by atoms with van der Waals surface area (Å²) >= 11 is 0. The van der Waals surface area contributed by atoms with E-state index in [0.29, 0.717) is 5.92 Å². The van der Waals surface area contributed by atoms with Crippen molar-refractivity contribution in [2.24, 2.45) is 5.92 Å². The minimum absolute atomic E-state index is 0.0537. The van der Waals surface area contributed by atoms with Gasteiger partial charge in [-0.25, -0.2) is 4.39 Å². The molecule has 1 saturated heterocycles. The third-order valence-corrected chi connectivity index (χ3v) is 2.66. The molecule has 82 valence electrons. The van der Waals surface area contributed by atoms with E-state index in [9.17, 15) is 4.39 Å². The second-order valence-electron chi connectivity index (χ2n) is 4.25. The second kappa shape index (κ2) is 4.29. The van der Waals surface area contributed by atoms with Crippen molar-refractivity contribution in [1.29, 1.82) is 0 Å². The van der Waals surface area contributed by atoms with E-state index < -0.39 is 0 Å². The van der Waals surface area contributed by atoms with Gasteiger partial charge < -0.3 is 4.74 Å². The lowest BCUT2D eigenvalue weighted by molar-refractivity contribution is 0.0136. The second-order valence-corrected chi connectivity index (χ2v) is 4.25. The number of hydrogen-bond acceptors (Lipinski definition) is 2. The van der Waals surface area contributed by atoms with Crippen LogP contribution in [0.5, 0.6) is 0 Å². The molecule has 1 aromatic carbocycles. The fraction of sp³-hybridized carbons (Fsp3) is 0.500. The average Bonchev–Trinajstić information content (AvgIpc) is 2.68. The summed E-state index contributed by atoms with van der Waals surface area (Å²) in [4.78, 5) is 0. The van der Waals surface area contributed by atoms with Gasteiger partial charge in [0, 0.05) is 6.54 Å². The number of rotatable bonds is 2. The molecule has 0 radical (unpaired) electrons. The molecule has 0 amide bonds. The van der Waals surface area contributed by atoms with Gasteiger partial charge >= 0.3 is 0 Å². The van der Waals surface area contributed by atoms with Gasteiger partial charge in [-0.2, -0.15) is 0 Å². The summed E-state index contributed by atoms with van der Waals surface area (Å²) in [7, 11) is 0. The van der Waals surface area contributed by atoms with E-state index in [4.69, 9.17) is 4.74 Å². The van der Waals surface area contributed by atoms with E-state index in [1.54, 1.807) is 12.1 Å². The lowest BCUT2D eigenvalue weighted by Gasteiger charge is -2.15. The molecule has 1 aliphatic heterocycles. The Balaban J connectivity index is 2.04. The standard InChI is InChI=1S/C12H16FNO/c1-8(2)12-14-7-11(15-12)9-3-5-10(13)6-4-9/h3-6,8,11-12,14H,7H2,1-2H3. The van der Waals surface area contributed by atoms with Crippen LogP contribution >= 0.6 is 0 Å². The molecule has 1 aliphatic rings. The van der Waals surface area contributed by atoms with Crippen molar-refractivity contribution in [3.8, 4) is 0 Å². The monoisotopic (exact) mass is 209 g/mol. The van der Waals surface area contributed by atoms with Crippen LogP contribution in [0.25, 0.3) is 0 Å². The van der Waals surface area contributed by atoms with Crippen molar-refractivity contribution in [3.05, 3.63) is 35.6 Å². The summed E-state index contributed by atoms with van der Waals surface area (Å²) < 4.78 is 18.5. The Morgan fingerprint density at radius 3 is 2.53 bits per heavy atom. The molecule has 1 aromatic rings. The zero-order valence-corrected chi connectivity index (χ0v) is 9.03. The first-order valence-electron chi connectivity index (χ1n) is 5.31. The van der Waals surface area contributed by atoms with Crippen molar-refractivity contribution in [2.45, 2.75) is 26.2 Å². The molecule has 2 unspecified atom stereocenters. The third-order valence-electron chi connectivity index (χ3n) is 2.66. The fourth-order valence-electron chi connectivity index (χ4n) is 1.76. The van der Waals surface area contributed by atoms with Gasteiger partial charge in [-0.1, -0.05) is 26.0 Å². The van der Waals surface area contributed by atoms with Crippen LogP contribution in [0.15, 0.2) is 24.3 Å². The van der Waals surface area contributed by atoms with Crippen LogP contribution in [0.2, 0.25) is 0 Å². The first-order chi connectivity index (χ1) is 7.16. The van der Waals surface area contributed by atoms with Crippen molar-refractivity contribution < 1.29 is 9.13 Å². The predicted octanol–water partition coefficient (Wildman–Crippen LogP) is 2.47. The topological polar surface area (TPSA) is 21.3 Å². The predicted molar refractivity (Wildman–Crippen MR) is 56.9 cm³/mol.